The van der Waals surface area contributed by atoms with E-state index in [1.807, 2.05) is 50.0 Å². The van der Waals surface area contributed by atoms with Gasteiger partial charge < -0.3 is 14.8 Å². The number of aryl methyl sites for hydroxylation is 3. The molecular weight excluding hydrogens is 302 g/mol. The molecule has 2 heterocycles. The van der Waals surface area contributed by atoms with Crippen molar-refractivity contribution in [3.05, 3.63) is 41.7 Å². The van der Waals surface area contributed by atoms with Crippen LogP contribution in [0.1, 0.15) is 11.1 Å². The Morgan fingerprint density at radius 2 is 1.96 bits per heavy atom. The molecule has 1 N–H and O–H groups in total. The zero-order chi connectivity index (χ0) is 17.1. The lowest BCUT2D eigenvalue weighted by molar-refractivity contribution is -0.117. The molecule has 1 aliphatic heterocycles. The minimum atomic E-state index is 0.0501. The highest BCUT2D eigenvalue weighted by Crippen LogP contribution is 2.17. The van der Waals surface area contributed by atoms with Gasteiger partial charge in [0.05, 0.1) is 6.54 Å². The van der Waals surface area contributed by atoms with Crippen LogP contribution in [0.4, 0.5) is 11.6 Å². The normalized spacial score (nSPS) is 15.5. The molecule has 1 fully saturated rings. The van der Waals surface area contributed by atoms with Crippen LogP contribution in [0.3, 0.4) is 0 Å². The van der Waals surface area contributed by atoms with E-state index in [1.54, 1.807) is 0 Å². The van der Waals surface area contributed by atoms with Gasteiger partial charge in [0.25, 0.3) is 0 Å². The van der Waals surface area contributed by atoms with E-state index in [-0.39, 0.29) is 5.91 Å². The Hall–Kier alpha value is -2.34. The first kappa shape index (κ1) is 16.5. The SMILES string of the molecule is Cc1ccc(C)c(NC(=O)CN2CCN(c3nccn3C)CC2)c1. The number of amides is 1. The summed E-state index contributed by atoms with van der Waals surface area (Å²) >= 11 is 0. The molecule has 0 saturated carbocycles. The number of imidazole rings is 1. The molecule has 0 spiro atoms. The number of anilines is 2. The summed E-state index contributed by atoms with van der Waals surface area (Å²) < 4.78 is 2.03. The molecule has 0 bridgehead atoms. The molecule has 1 aromatic carbocycles. The van der Waals surface area contributed by atoms with Crippen molar-refractivity contribution >= 4 is 17.5 Å². The summed E-state index contributed by atoms with van der Waals surface area (Å²) in [5, 5.41) is 3.04. The first-order chi connectivity index (χ1) is 11.5. The van der Waals surface area contributed by atoms with Crippen molar-refractivity contribution in [3.8, 4) is 0 Å². The second-order valence-electron chi connectivity index (χ2n) is 6.47. The highest BCUT2D eigenvalue weighted by molar-refractivity contribution is 5.93. The van der Waals surface area contributed by atoms with Crippen LogP contribution in [0.2, 0.25) is 0 Å². The maximum absolute atomic E-state index is 12.3. The van der Waals surface area contributed by atoms with Crippen molar-refractivity contribution in [1.29, 1.82) is 0 Å². The fourth-order valence-electron chi connectivity index (χ4n) is 3.03. The molecule has 6 heteroatoms. The Morgan fingerprint density at radius 3 is 2.62 bits per heavy atom. The van der Waals surface area contributed by atoms with Crippen molar-refractivity contribution < 1.29 is 4.79 Å². The van der Waals surface area contributed by atoms with E-state index in [4.69, 9.17) is 0 Å². The third-order valence-electron chi connectivity index (χ3n) is 4.49. The third kappa shape index (κ3) is 3.76. The average Bonchev–Trinajstić information content (AvgIpc) is 2.98. The average molecular weight is 327 g/mol. The molecule has 2 aromatic rings. The number of aromatic nitrogens is 2. The van der Waals surface area contributed by atoms with E-state index in [0.717, 1.165) is 48.9 Å². The molecule has 1 aliphatic rings. The lowest BCUT2D eigenvalue weighted by Gasteiger charge is -2.34. The summed E-state index contributed by atoms with van der Waals surface area (Å²) in [6.45, 7) is 8.00. The minimum Gasteiger partial charge on any atom is -0.340 e. The fraction of sp³-hybridized carbons (Fsp3) is 0.444. The largest absolute Gasteiger partial charge is 0.340 e. The quantitative estimate of drug-likeness (QED) is 0.930. The van der Waals surface area contributed by atoms with Crippen LogP contribution < -0.4 is 10.2 Å². The highest BCUT2D eigenvalue weighted by atomic mass is 16.2. The van der Waals surface area contributed by atoms with E-state index in [1.165, 1.54) is 0 Å². The summed E-state index contributed by atoms with van der Waals surface area (Å²) in [7, 11) is 2.01. The summed E-state index contributed by atoms with van der Waals surface area (Å²) in [6, 6.07) is 6.12. The summed E-state index contributed by atoms with van der Waals surface area (Å²) in [6.07, 6.45) is 3.78. The van der Waals surface area contributed by atoms with Crippen LogP contribution in [0.5, 0.6) is 0 Å². The number of piperazine rings is 1. The second kappa shape index (κ2) is 7.05. The maximum atomic E-state index is 12.3. The van der Waals surface area contributed by atoms with Gasteiger partial charge in [0.2, 0.25) is 11.9 Å². The number of hydrogen-bond donors (Lipinski definition) is 1. The molecule has 1 saturated heterocycles. The van der Waals surface area contributed by atoms with Gasteiger partial charge in [-0.2, -0.15) is 0 Å². The van der Waals surface area contributed by atoms with Crippen LogP contribution in [0.25, 0.3) is 0 Å². The van der Waals surface area contributed by atoms with E-state index >= 15 is 0 Å². The minimum absolute atomic E-state index is 0.0501. The van der Waals surface area contributed by atoms with Crippen LogP contribution in [-0.4, -0.2) is 53.1 Å². The number of hydrogen-bond acceptors (Lipinski definition) is 4. The summed E-state index contributed by atoms with van der Waals surface area (Å²) in [5.41, 5.74) is 3.15. The monoisotopic (exact) mass is 327 g/mol. The van der Waals surface area contributed by atoms with Gasteiger partial charge in [-0.05, 0) is 31.0 Å². The van der Waals surface area contributed by atoms with Gasteiger partial charge in [0.15, 0.2) is 0 Å². The Labute approximate surface area is 143 Å². The highest BCUT2D eigenvalue weighted by Gasteiger charge is 2.21. The molecule has 0 atom stereocenters. The number of carbonyl (C=O) groups is 1. The van der Waals surface area contributed by atoms with Gasteiger partial charge in [-0.3, -0.25) is 9.69 Å². The fourth-order valence-corrected chi connectivity index (χ4v) is 3.03. The molecule has 24 heavy (non-hydrogen) atoms. The Balaban J connectivity index is 1.51. The Morgan fingerprint density at radius 1 is 1.21 bits per heavy atom. The van der Waals surface area contributed by atoms with Gasteiger partial charge in [-0.1, -0.05) is 12.1 Å². The summed E-state index contributed by atoms with van der Waals surface area (Å²) in [4.78, 5) is 21.2. The van der Waals surface area contributed by atoms with Crippen molar-refractivity contribution in [1.82, 2.24) is 14.5 Å². The van der Waals surface area contributed by atoms with Crippen LogP contribution in [0.15, 0.2) is 30.6 Å². The van der Waals surface area contributed by atoms with Crippen LogP contribution in [-0.2, 0) is 11.8 Å². The zero-order valence-corrected chi connectivity index (χ0v) is 14.6. The first-order valence-corrected chi connectivity index (χ1v) is 8.34. The second-order valence-corrected chi connectivity index (χ2v) is 6.47. The van der Waals surface area contributed by atoms with Gasteiger partial charge in [0, 0.05) is 51.3 Å². The number of nitrogens with one attached hydrogen (secondary N) is 1. The van der Waals surface area contributed by atoms with Crippen molar-refractivity contribution in [2.45, 2.75) is 13.8 Å². The summed E-state index contributed by atoms with van der Waals surface area (Å²) in [5.74, 6) is 1.05. The van der Waals surface area contributed by atoms with Crippen molar-refractivity contribution in [2.75, 3.05) is 42.9 Å². The van der Waals surface area contributed by atoms with E-state index in [0.29, 0.717) is 6.54 Å². The van der Waals surface area contributed by atoms with Gasteiger partial charge in [-0.15, -0.1) is 0 Å². The molecule has 3 rings (SSSR count). The topological polar surface area (TPSA) is 53.4 Å². The Kier molecular flexibility index (Phi) is 4.85. The first-order valence-electron chi connectivity index (χ1n) is 8.34. The standard InChI is InChI=1S/C18H25N5O/c1-14-4-5-15(2)16(12-14)20-17(24)13-22-8-10-23(11-9-22)18-19-6-7-21(18)3/h4-7,12H,8-11,13H2,1-3H3,(H,20,24). The number of carbonyl (C=O) groups excluding carboxylic acids is 1. The molecule has 0 unspecified atom stereocenters. The van der Waals surface area contributed by atoms with E-state index < -0.39 is 0 Å². The van der Waals surface area contributed by atoms with Crippen LogP contribution >= 0.6 is 0 Å². The molecule has 1 amide bonds. The van der Waals surface area contributed by atoms with Gasteiger partial charge >= 0.3 is 0 Å². The maximum Gasteiger partial charge on any atom is 0.238 e. The van der Waals surface area contributed by atoms with Crippen molar-refractivity contribution in [3.63, 3.8) is 0 Å². The number of rotatable bonds is 4. The molecule has 0 radical (unpaired) electrons. The molecule has 1 aromatic heterocycles. The van der Waals surface area contributed by atoms with E-state index in [2.05, 4.69) is 26.2 Å². The van der Waals surface area contributed by atoms with Crippen molar-refractivity contribution in [2.24, 2.45) is 7.05 Å². The molecule has 128 valence electrons. The lowest BCUT2D eigenvalue weighted by Crippen LogP contribution is -2.49. The van der Waals surface area contributed by atoms with E-state index in [9.17, 15) is 4.79 Å². The predicted octanol–water partition coefficient (Wildman–Crippen LogP) is 1.80. The molecule has 6 nitrogen and oxygen atoms in total. The Bertz CT molecular complexity index is 716. The number of benzene rings is 1. The lowest BCUT2D eigenvalue weighted by atomic mass is 10.1. The van der Waals surface area contributed by atoms with Gasteiger partial charge in [-0.25, -0.2) is 4.98 Å². The zero-order valence-electron chi connectivity index (χ0n) is 14.6. The molecular formula is C18H25N5O. The smallest absolute Gasteiger partial charge is 0.238 e. The van der Waals surface area contributed by atoms with Gasteiger partial charge in [0.1, 0.15) is 0 Å². The molecule has 0 aliphatic carbocycles. The predicted molar refractivity (Wildman–Crippen MR) is 96.4 cm³/mol. The number of nitrogens with zero attached hydrogens (tertiary/aromatic N) is 4. The third-order valence-corrected chi connectivity index (χ3v) is 4.49. The van der Waals surface area contributed by atoms with Crippen LogP contribution in [0, 0.1) is 13.8 Å².